The minimum absolute atomic E-state index is 0.0383. The van der Waals surface area contributed by atoms with E-state index in [0.29, 0.717) is 24.6 Å². The average molecular weight is 306 g/mol. The van der Waals surface area contributed by atoms with E-state index in [2.05, 4.69) is 24.1 Å². The second-order valence-electron chi connectivity index (χ2n) is 5.94. The Morgan fingerprint density at radius 3 is 2.59 bits per heavy atom. The molecule has 1 fully saturated rings. The van der Waals surface area contributed by atoms with Crippen LogP contribution in [0.25, 0.3) is 0 Å². The van der Waals surface area contributed by atoms with Crippen LogP contribution in [0.4, 0.5) is 0 Å². The number of nitrogens with zero attached hydrogens (tertiary/aromatic N) is 1. The lowest BCUT2D eigenvalue weighted by Gasteiger charge is -2.26. The summed E-state index contributed by atoms with van der Waals surface area (Å²) in [6.07, 6.45) is 0. The minimum atomic E-state index is -0.0383. The van der Waals surface area contributed by atoms with Crippen molar-refractivity contribution in [2.24, 2.45) is 5.92 Å². The molecule has 1 N–H and O–H groups in total. The number of ether oxygens (including phenoxy) is 2. The van der Waals surface area contributed by atoms with Gasteiger partial charge in [-0.25, -0.2) is 0 Å². The van der Waals surface area contributed by atoms with Crippen LogP contribution in [0, 0.1) is 5.92 Å². The van der Waals surface area contributed by atoms with Gasteiger partial charge in [-0.2, -0.15) is 0 Å². The Kier molecular flexibility index (Phi) is 6.68. The van der Waals surface area contributed by atoms with Gasteiger partial charge in [0.1, 0.15) is 5.75 Å². The highest BCUT2D eigenvalue weighted by Crippen LogP contribution is 2.13. The van der Waals surface area contributed by atoms with Gasteiger partial charge in [-0.3, -0.25) is 9.69 Å². The Bertz CT molecular complexity index is 453. The standard InChI is InChI=1S/C17H26N2O3/c1-14(2)13-22-16-5-3-15(4-6-16)17(20)18-7-8-19-9-11-21-12-10-19/h3-6,14H,7-13H2,1-2H3,(H,18,20). The van der Waals surface area contributed by atoms with Crippen molar-refractivity contribution in [2.45, 2.75) is 13.8 Å². The van der Waals surface area contributed by atoms with E-state index in [1.165, 1.54) is 0 Å². The van der Waals surface area contributed by atoms with Gasteiger partial charge in [0, 0.05) is 31.7 Å². The monoisotopic (exact) mass is 306 g/mol. The molecule has 0 unspecified atom stereocenters. The van der Waals surface area contributed by atoms with Crippen LogP contribution < -0.4 is 10.1 Å². The normalized spacial score (nSPS) is 15.8. The van der Waals surface area contributed by atoms with Crippen molar-refractivity contribution in [3.63, 3.8) is 0 Å². The lowest BCUT2D eigenvalue weighted by molar-refractivity contribution is 0.0383. The van der Waals surface area contributed by atoms with Crippen LogP contribution in [0.2, 0.25) is 0 Å². The van der Waals surface area contributed by atoms with E-state index in [0.717, 1.165) is 38.6 Å². The van der Waals surface area contributed by atoms with Crippen molar-refractivity contribution in [3.05, 3.63) is 29.8 Å². The first-order valence-electron chi connectivity index (χ1n) is 7.96. The Hall–Kier alpha value is -1.59. The smallest absolute Gasteiger partial charge is 0.251 e. The largest absolute Gasteiger partial charge is 0.493 e. The number of amides is 1. The molecule has 5 nitrogen and oxygen atoms in total. The lowest BCUT2D eigenvalue weighted by Crippen LogP contribution is -2.41. The summed E-state index contributed by atoms with van der Waals surface area (Å²) in [5.74, 6) is 1.25. The molecule has 2 rings (SSSR count). The number of benzene rings is 1. The minimum Gasteiger partial charge on any atom is -0.493 e. The third-order valence-corrected chi connectivity index (χ3v) is 3.52. The summed E-state index contributed by atoms with van der Waals surface area (Å²) in [6.45, 7) is 9.87. The molecule has 122 valence electrons. The van der Waals surface area contributed by atoms with Gasteiger partial charge in [-0.15, -0.1) is 0 Å². The summed E-state index contributed by atoms with van der Waals surface area (Å²) in [4.78, 5) is 14.4. The third kappa shape index (κ3) is 5.66. The Labute approximate surface area is 132 Å². The van der Waals surface area contributed by atoms with Gasteiger partial charge >= 0.3 is 0 Å². The summed E-state index contributed by atoms with van der Waals surface area (Å²) in [5.41, 5.74) is 0.666. The molecule has 1 aliphatic heterocycles. The number of carbonyl (C=O) groups excluding carboxylic acids is 1. The van der Waals surface area contributed by atoms with Crippen molar-refractivity contribution in [2.75, 3.05) is 46.0 Å². The fourth-order valence-electron chi connectivity index (χ4n) is 2.22. The van der Waals surface area contributed by atoms with Crippen LogP contribution >= 0.6 is 0 Å². The van der Waals surface area contributed by atoms with Crippen LogP contribution in [0.1, 0.15) is 24.2 Å². The number of hydrogen-bond acceptors (Lipinski definition) is 4. The van der Waals surface area contributed by atoms with E-state index in [-0.39, 0.29) is 5.91 Å². The van der Waals surface area contributed by atoms with Crippen LogP contribution in [0.15, 0.2) is 24.3 Å². The lowest BCUT2D eigenvalue weighted by atomic mass is 10.2. The maximum Gasteiger partial charge on any atom is 0.251 e. The topological polar surface area (TPSA) is 50.8 Å². The van der Waals surface area contributed by atoms with Crippen molar-refractivity contribution in [1.82, 2.24) is 10.2 Å². The van der Waals surface area contributed by atoms with Gasteiger partial charge in [-0.1, -0.05) is 13.8 Å². The predicted octanol–water partition coefficient (Wildman–Crippen LogP) is 1.78. The fraction of sp³-hybridized carbons (Fsp3) is 0.588. The fourth-order valence-corrected chi connectivity index (χ4v) is 2.22. The number of rotatable bonds is 7. The molecule has 22 heavy (non-hydrogen) atoms. The summed E-state index contributed by atoms with van der Waals surface area (Å²) in [6, 6.07) is 7.30. The molecule has 0 spiro atoms. The maximum absolute atomic E-state index is 12.1. The quantitative estimate of drug-likeness (QED) is 0.834. The molecule has 1 aromatic rings. The zero-order valence-electron chi connectivity index (χ0n) is 13.5. The van der Waals surface area contributed by atoms with Crippen LogP contribution in [-0.4, -0.2) is 56.8 Å². The van der Waals surface area contributed by atoms with Gasteiger partial charge in [-0.05, 0) is 30.2 Å². The third-order valence-electron chi connectivity index (χ3n) is 3.52. The van der Waals surface area contributed by atoms with Crippen LogP contribution in [0.3, 0.4) is 0 Å². The van der Waals surface area contributed by atoms with E-state index in [1.807, 2.05) is 12.1 Å². The van der Waals surface area contributed by atoms with Crippen LogP contribution in [-0.2, 0) is 4.74 Å². The summed E-state index contributed by atoms with van der Waals surface area (Å²) in [5, 5.41) is 2.95. The molecule has 1 saturated heterocycles. The summed E-state index contributed by atoms with van der Waals surface area (Å²) >= 11 is 0. The molecular formula is C17H26N2O3. The van der Waals surface area contributed by atoms with Gasteiger partial charge in [0.15, 0.2) is 0 Å². The van der Waals surface area contributed by atoms with E-state index in [4.69, 9.17) is 9.47 Å². The molecule has 0 aromatic heterocycles. The first-order valence-corrected chi connectivity index (χ1v) is 7.96. The van der Waals surface area contributed by atoms with Crippen molar-refractivity contribution >= 4 is 5.91 Å². The highest BCUT2D eigenvalue weighted by molar-refractivity contribution is 5.94. The highest BCUT2D eigenvalue weighted by Gasteiger charge is 2.11. The summed E-state index contributed by atoms with van der Waals surface area (Å²) in [7, 11) is 0. The number of morpholine rings is 1. The Morgan fingerprint density at radius 2 is 1.95 bits per heavy atom. The number of carbonyl (C=O) groups is 1. The van der Waals surface area contributed by atoms with E-state index in [9.17, 15) is 4.79 Å². The molecule has 0 atom stereocenters. The van der Waals surface area contributed by atoms with E-state index < -0.39 is 0 Å². The zero-order valence-corrected chi connectivity index (χ0v) is 13.5. The second-order valence-corrected chi connectivity index (χ2v) is 5.94. The molecule has 0 saturated carbocycles. The summed E-state index contributed by atoms with van der Waals surface area (Å²) < 4.78 is 10.9. The maximum atomic E-state index is 12.1. The number of hydrogen-bond donors (Lipinski definition) is 1. The molecule has 0 radical (unpaired) electrons. The number of nitrogens with one attached hydrogen (secondary N) is 1. The van der Waals surface area contributed by atoms with Gasteiger partial charge in [0.25, 0.3) is 5.91 Å². The molecule has 0 aliphatic carbocycles. The van der Waals surface area contributed by atoms with Gasteiger partial charge in [0.05, 0.1) is 19.8 Å². The van der Waals surface area contributed by atoms with E-state index >= 15 is 0 Å². The van der Waals surface area contributed by atoms with E-state index in [1.54, 1.807) is 12.1 Å². The molecule has 1 heterocycles. The Morgan fingerprint density at radius 1 is 1.27 bits per heavy atom. The molecule has 1 amide bonds. The highest BCUT2D eigenvalue weighted by atomic mass is 16.5. The Balaban J connectivity index is 1.72. The molecule has 1 aromatic carbocycles. The first-order chi connectivity index (χ1) is 10.6. The molecule has 5 heteroatoms. The first kappa shape index (κ1) is 16.8. The van der Waals surface area contributed by atoms with Crippen molar-refractivity contribution < 1.29 is 14.3 Å². The molecule has 0 bridgehead atoms. The SMILES string of the molecule is CC(C)COc1ccc(C(=O)NCCN2CCOCC2)cc1. The predicted molar refractivity (Wildman–Crippen MR) is 86.4 cm³/mol. The van der Waals surface area contributed by atoms with Crippen molar-refractivity contribution in [1.29, 1.82) is 0 Å². The van der Waals surface area contributed by atoms with Gasteiger partial charge in [0.2, 0.25) is 0 Å². The zero-order chi connectivity index (χ0) is 15.8. The average Bonchev–Trinajstić information content (AvgIpc) is 2.54. The molecule has 1 aliphatic rings. The van der Waals surface area contributed by atoms with Gasteiger partial charge < -0.3 is 14.8 Å². The van der Waals surface area contributed by atoms with Crippen molar-refractivity contribution in [3.8, 4) is 5.75 Å². The van der Waals surface area contributed by atoms with Crippen LogP contribution in [0.5, 0.6) is 5.75 Å². The second kappa shape index (κ2) is 8.76. The molecular weight excluding hydrogens is 280 g/mol.